The van der Waals surface area contributed by atoms with E-state index in [-0.39, 0.29) is 29.4 Å². The number of pyridine rings is 1. The van der Waals surface area contributed by atoms with Gasteiger partial charge in [-0.1, -0.05) is 0 Å². The molecule has 5 rings (SSSR count). The van der Waals surface area contributed by atoms with E-state index in [1.807, 2.05) is 0 Å². The van der Waals surface area contributed by atoms with Crippen molar-refractivity contribution in [2.45, 2.75) is 17.7 Å². The summed E-state index contributed by atoms with van der Waals surface area (Å²) in [6, 6.07) is 9.82. The Morgan fingerprint density at radius 2 is 1.82 bits per heavy atom. The van der Waals surface area contributed by atoms with Gasteiger partial charge in [0.2, 0.25) is 15.6 Å². The van der Waals surface area contributed by atoms with Crippen molar-refractivity contribution in [2.24, 2.45) is 0 Å². The van der Waals surface area contributed by atoms with Crippen molar-refractivity contribution in [3.05, 3.63) is 69.8 Å². The number of H-pyrrole nitrogens is 1. The Balaban J connectivity index is 1.61. The second-order valence-corrected chi connectivity index (χ2v) is 10.0. The fourth-order valence-corrected chi connectivity index (χ4v) is 5.86. The fourth-order valence-electron chi connectivity index (χ4n) is 4.43. The number of nitrogens with one attached hydrogen (secondary N) is 1. The summed E-state index contributed by atoms with van der Waals surface area (Å²) in [4.78, 5) is 30.1. The van der Waals surface area contributed by atoms with E-state index in [0.29, 0.717) is 49.2 Å². The van der Waals surface area contributed by atoms with Gasteiger partial charge in [-0.15, -0.1) is 0 Å². The monoisotopic (exact) mass is 471 g/mol. The van der Waals surface area contributed by atoms with Gasteiger partial charge >= 0.3 is 0 Å². The number of sulfonamides is 1. The van der Waals surface area contributed by atoms with Crippen LogP contribution >= 0.6 is 0 Å². The van der Waals surface area contributed by atoms with Crippen LogP contribution in [0.3, 0.4) is 0 Å². The van der Waals surface area contributed by atoms with Crippen LogP contribution in [0.15, 0.2) is 52.2 Å². The SMILES string of the molecule is O=C(c1cc(=O)[nH]c2ccc(S(=O)(=O)N3CCOCC3)cc12)N1CCCc2cc(F)ccc21. The highest BCUT2D eigenvalue weighted by atomic mass is 32.2. The van der Waals surface area contributed by atoms with Gasteiger partial charge in [-0.25, -0.2) is 12.8 Å². The summed E-state index contributed by atoms with van der Waals surface area (Å²) < 4.78 is 46.6. The number of hydrogen-bond acceptors (Lipinski definition) is 5. The Labute approximate surface area is 189 Å². The number of rotatable bonds is 3. The number of halogens is 1. The zero-order chi connectivity index (χ0) is 23.2. The van der Waals surface area contributed by atoms with Crippen LogP contribution in [-0.2, 0) is 21.2 Å². The van der Waals surface area contributed by atoms with Crippen molar-refractivity contribution in [1.29, 1.82) is 0 Å². The van der Waals surface area contributed by atoms with Gasteiger partial charge in [-0.05, 0) is 54.8 Å². The number of fused-ring (bicyclic) bond motifs is 2. The van der Waals surface area contributed by atoms with Crippen molar-refractivity contribution in [3.8, 4) is 0 Å². The van der Waals surface area contributed by atoms with Gasteiger partial charge in [0, 0.05) is 42.3 Å². The molecule has 2 aliphatic rings. The average molecular weight is 472 g/mol. The molecule has 2 aromatic carbocycles. The van der Waals surface area contributed by atoms with Crippen molar-refractivity contribution < 1.29 is 22.3 Å². The Hall–Kier alpha value is -3.08. The molecule has 1 saturated heterocycles. The molecule has 1 fully saturated rings. The molecule has 8 nitrogen and oxygen atoms in total. The van der Waals surface area contributed by atoms with Gasteiger partial charge in [0.25, 0.3) is 5.91 Å². The van der Waals surface area contributed by atoms with Crippen molar-refractivity contribution in [1.82, 2.24) is 9.29 Å². The second kappa shape index (κ2) is 8.36. The average Bonchev–Trinajstić information content (AvgIpc) is 2.82. The summed E-state index contributed by atoms with van der Waals surface area (Å²) >= 11 is 0. The number of aromatic amines is 1. The molecule has 3 aromatic rings. The van der Waals surface area contributed by atoms with Gasteiger partial charge in [0.15, 0.2) is 0 Å². The zero-order valence-electron chi connectivity index (χ0n) is 17.7. The molecular weight excluding hydrogens is 449 g/mol. The second-order valence-electron chi connectivity index (χ2n) is 8.10. The zero-order valence-corrected chi connectivity index (χ0v) is 18.5. The molecule has 0 radical (unpaired) electrons. The first kappa shape index (κ1) is 21.7. The number of morpholine rings is 1. The van der Waals surface area contributed by atoms with E-state index in [1.165, 1.54) is 45.6 Å². The largest absolute Gasteiger partial charge is 0.379 e. The van der Waals surface area contributed by atoms with E-state index < -0.39 is 21.5 Å². The predicted octanol–water partition coefficient (Wildman–Crippen LogP) is 2.28. The van der Waals surface area contributed by atoms with Crippen molar-refractivity contribution in [2.75, 3.05) is 37.7 Å². The summed E-state index contributed by atoms with van der Waals surface area (Å²) in [6.07, 6.45) is 1.30. The van der Waals surface area contributed by atoms with Crippen LogP contribution in [0.25, 0.3) is 10.9 Å². The van der Waals surface area contributed by atoms with E-state index in [1.54, 1.807) is 6.07 Å². The minimum atomic E-state index is -3.79. The Kier molecular flexibility index (Phi) is 5.51. The van der Waals surface area contributed by atoms with E-state index in [9.17, 15) is 22.4 Å². The van der Waals surface area contributed by atoms with Gasteiger partial charge < -0.3 is 14.6 Å². The number of amides is 1. The molecule has 33 heavy (non-hydrogen) atoms. The molecule has 0 unspecified atom stereocenters. The molecule has 0 aliphatic carbocycles. The molecule has 0 spiro atoms. The Morgan fingerprint density at radius 1 is 1.03 bits per heavy atom. The molecule has 172 valence electrons. The first-order valence-electron chi connectivity index (χ1n) is 10.7. The van der Waals surface area contributed by atoms with E-state index in [0.717, 1.165) is 5.56 Å². The highest BCUT2D eigenvalue weighted by molar-refractivity contribution is 7.89. The third-order valence-electron chi connectivity index (χ3n) is 6.06. The molecule has 1 N–H and O–H groups in total. The molecule has 10 heteroatoms. The molecule has 0 bridgehead atoms. The highest BCUT2D eigenvalue weighted by Gasteiger charge is 2.29. The summed E-state index contributed by atoms with van der Waals surface area (Å²) in [5.74, 6) is -0.804. The van der Waals surface area contributed by atoms with Gasteiger partial charge in [0.05, 0.1) is 23.7 Å². The van der Waals surface area contributed by atoms with E-state index >= 15 is 0 Å². The minimum absolute atomic E-state index is 0.0408. The number of anilines is 1. The van der Waals surface area contributed by atoms with Crippen molar-refractivity contribution >= 4 is 32.5 Å². The lowest BCUT2D eigenvalue weighted by Crippen LogP contribution is -2.40. The first-order chi connectivity index (χ1) is 15.8. The van der Waals surface area contributed by atoms with Crippen LogP contribution in [-0.4, -0.2) is 56.5 Å². The molecule has 1 amide bonds. The lowest BCUT2D eigenvalue weighted by molar-refractivity contribution is 0.0730. The number of aryl methyl sites for hydroxylation is 1. The van der Waals surface area contributed by atoms with Crippen LogP contribution in [0.1, 0.15) is 22.3 Å². The molecule has 0 atom stereocenters. The summed E-state index contributed by atoms with van der Waals surface area (Å²) in [6.45, 7) is 1.55. The van der Waals surface area contributed by atoms with Gasteiger partial charge in [-0.2, -0.15) is 4.31 Å². The number of aromatic nitrogens is 1. The van der Waals surface area contributed by atoms with E-state index in [2.05, 4.69) is 4.98 Å². The topological polar surface area (TPSA) is 99.8 Å². The van der Waals surface area contributed by atoms with Gasteiger partial charge in [-0.3, -0.25) is 9.59 Å². The summed E-state index contributed by atoms with van der Waals surface area (Å²) in [7, 11) is -3.79. The van der Waals surface area contributed by atoms with Crippen LogP contribution in [0, 0.1) is 5.82 Å². The third-order valence-corrected chi connectivity index (χ3v) is 7.95. The summed E-state index contributed by atoms with van der Waals surface area (Å²) in [5, 5.41) is 0.336. The highest BCUT2D eigenvalue weighted by Crippen LogP contribution is 2.31. The number of hydrogen-bond donors (Lipinski definition) is 1. The maximum Gasteiger partial charge on any atom is 0.259 e. The Bertz CT molecular complexity index is 1410. The maximum atomic E-state index is 13.7. The van der Waals surface area contributed by atoms with Crippen molar-refractivity contribution in [3.63, 3.8) is 0 Å². The molecule has 3 heterocycles. The lowest BCUT2D eigenvalue weighted by Gasteiger charge is -2.30. The molecule has 0 saturated carbocycles. The molecule has 1 aromatic heterocycles. The van der Waals surface area contributed by atoms with Gasteiger partial charge in [0.1, 0.15) is 5.82 Å². The third kappa shape index (κ3) is 3.94. The number of carbonyl (C=O) groups is 1. The smallest absolute Gasteiger partial charge is 0.259 e. The maximum absolute atomic E-state index is 13.7. The fraction of sp³-hybridized carbons (Fsp3) is 0.304. The number of carbonyl (C=O) groups excluding carboxylic acids is 1. The summed E-state index contributed by atoms with van der Waals surface area (Å²) in [5.41, 5.74) is 1.32. The molecule has 2 aliphatic heterocycles. The van der Waals surface area contributed by atoms with Crippen LogP contribution in [0.2, 0.25) is 0 Å². The predicted molar refractivity (Wildman–Crippen MR) is 121 cm³/mol. The number of nitrogens with zero attached hydrogens (tertiary/aromatic N) is 2. The normalized spacial score (nSPS) is 17.2. The first-order valence-corrected chi connectivity index (χ1v) is 12.1. The minimum Gasteiger partial charge on any atom is -0.379 e. The van der Waals surface area contributed by atoms with Crippen LogP contribution < -0.4 is 10.5 Å². The number of ether oxygens (including phenoxy) is 1. The standard InChI is InChI=1S/C23H22FN3O5S/c24-16-3-6-21-15(12-16)2-1-7-27(21)23(29)19-14-22(28)25-20-5-4-17(13-18(19)20)33(30,31)26-8-10-32-11-9-26/h3-6,12-14H,1-2,7-11H2,(H,25,28). The van der Waals surface area contributed by atoms with Crippen LogP contribution in [0.4, 0.5) is 10.1 Å². The lowest BCUT2D eigenvalue weighted by atomic mass is 9.99. The van der Waals surface area contributed by atoms with E-state index in [4.69, 9.17) is 4.74 Å². The van der Waals surface area contributed by atoms with Crippen LogP contribution in [0.5, 0.6) is 0 Å². The Morgan fingerprint density at radius 3 is 2.61 bits per heavy atom. The quantitative estimate of drug-likeness (QED) is 0.632. The number of benzene rings is 2. The molecular formula is C23H22FN3O5S.